The molecule has 0 fully saturated rings. The monoisotopic (exact) mass is 329 g/mol. The highest BCUT2D eigenvalue weighted by Gasteiger charge is 2.19. The minimum Gasteiger partial charge on any atom is -0.258 e. The van der Waals surface area contributed by atoms with Crippen LogP contribution in [0, 0.1) is 24.0 Å². The molecule has 0 N–H and O–H groups in total. The molecule has 1 aromatic heterocycles. The number of aromatic nitrogens is 2. The number of hydrogen-bond acceptors (Lipinski definition) is 3. The normalized spacial score (nSPS) is 10.7. The fraction of sp³-hybridized carbons (Fsp3) is 0.182. The van der Waals surface area contributed by atoms with Gasteiger partial charge in [-0.3, -0.25) is 10.1 Å². The zero-order chi connectivity index (χ0) is 13.4. The highest BCUT2D eigenvalue weighted by Crippen LogP contribution is 2.30. The molecule has 0 bridgehead atoms. The minimum absolute atomic E-state index is 0.0301. The van der Waals surface area contributed by atoms with E-state index in [1.165, 1.54) is 22.9 Å². The molecule has 2 aromatic rings. The number of benzene rings is 1. The lowest BCUT2D eigenvalue weighted by Gasteiger charge is -2.05. The van der Waals surface area contributed by atoms with Gasteiger partial charge in [-0.15, -0.1) is 0 Å². The van der Waals surface area contributed by atoms with E-state index < -0.39 is 4.92 Å². The Hall–Kier alpha value is -1.40. The topological polar surface area (TPSA) is 61.0 Å². The molecular weight excluding hydrogens is 321 g/mol. The largest absolute Gasteiger partial charge is 0.294 e. The standard InChI is InChI=1S/C11H9BrClN3O2/c1-6-11(12)7(2)15(14-6)10-5-8(13)3-4-9(10)16(17)18/h3-5H,1-2H3. The first-order valence-electron chi connectivity index (χ1n) is 5.08. The van der Waals surface area contributed by atoms with Crippen molar-refractivity contribution in [3.05, 3.63) is 49.2 Å². The van der Waals surface area contributed by atoms with Gasteiger partial charge in [0.2, 0.25) is 0 Å². The van der Waals surface area contributed by atoms with Gasteiger partial charge in [0, 0.05) is 11.1 Å². The van der Waals surface area contributed by atoms with Crippen LogP contribution in [-0.2, 0) is 0 Å². The Kier molecular flexibility index (Phi) is 3.41. The van der Waals surface area contributed by atoms with Gasteiger partial charge < -0.3 is 0 Å². The number of hydrogen-bond donors (Lipinski definition) is 0. The van der Waals surface area contributed by atoms with Gasteiger partial charge in [-0.05, 0) is 41.9 Å². The molecule has 5 nitrogen and oxygen atoms in total. The van der Waals surface area contributed by atoms with Crippen LogP contribution >= 0.6 is 27.5 Å². The predicted octanol–water partition coefficient (Wildman–Crippen LogP) is 3.81. The summed E-state index contributed by atoms with van der Waals surface area (Å²) < 4.78 is 2.35. The van der Waals surface area contributed by atoms with Crippen LogP contribution < -0.4 is 0 Å². The van der Waals surface area contributed by atoms with E-state index in [9.17, 15) is 10.1 Å². The van der Waals surface area contributed by atoms with E-state index in [4.69, 9.17) is 11.6 Å². The van der Waals surface area contributed by atoms with Gasteiger partial charge in [0.25, 0.3) is 5.69 Å². The fourth-order valence-corrected chi connectivity index (χ4v) is 2.09. The Morgan fingerprint density at radius 2 is 2.11 bits per heavy atom. The van der Waals surface area contributed by atoms with Crippen LogP contribution in [0.25, 0.3) is 5.69 Å². The van der Waals surface area contributed by atoms with Crippen molar-refractivity contribution in [2.24, 2.45) is 0 Å². The molecule has 1 aromatic carbocycles. The van der Waals surface area contributed by atoms with E-state index in [1.807, 2.05) is 13.8 Å². The molecule has 0 radical (unpaired) electrons. The van der Waals surface area contributed by atoms with Crippen LogP contribution in [0.2, 0.25) is 5.02 Å². The highest BCUT2D eigenvalue weighted by atomic mass is 79.9. The maximum Gasteiger partial charge on any atom is 0.294 e. The van der Waals surface area contributed by atoms with E-state index in [1.54, 1.807) is 0 Å². The molecule has 0 aliphatic rings. The molecule has 0 saturated carbocycles. The summed E-state index contributed by atoms with van der Waals surface area (Å²) in [5, 5.41) is 15.7. The second-order valence-electron chi connectivity index (χ2n) is 3.79. The Bertz CT molecular complexity index is 639. The Labute approximate surface area is 117 Å². The average Bonchev–Trinajstić information content (AvgIpc) is 2.56. The summed E-state index contributed by atoms with van der Waals surface area (Å²) in [4.78, 5) is 10.6. The Balaban J connectivity index is 2.73. The highest BCUT2D eigenvalue weighted by molar-refractivity contribution is 9.10. The predicted molar refractivity (Wildman–Crippen MR) is 72.4 cm³/mol. The molecule has 18 heavy (non-hydrogen) atoms. The molecule has 0 spiro atoms. The van der Waals surface area contributed by atoms with Crippen molar-refractivity contribution in [3.8, 4) is 5.69 Å². The van der Waals surface area contributed by atoms with Crippen molar-refractivity contribution >= 4 is 33.2 Å². The van der Waals surface area contributed by atoms with E-state index in [2.05, 4.69) is 21.0 Å². The first-order chi connectivity index (χ1) is 8.41. The van der Waals surface area contributed by atoms with Gasteiger partial charge in [0.1, 0.15) is 5.69 Å². The van der Waals surface area contributed by atoms with Crippen molar-refractivity contribution in [1.29, 1.82) is 0 Å². The van der Waals surface area contributed by atoms with Crippen molar-refractivity contribution in [1.82, 2.24) is 9.78 Å². The van der Waals surface area contributed by atoms with Crippen LogP contribution in [-0.4, -0.2) is 14.7 Å². The molecular formula is C11H9BrClN3O2. The molecule has 0 atom stereocenters. The third-order valence-electron chi connectivity index (χ3n) is 2.57. The van der Waals surface area contributed by atoms with Crippen LogP contribution in [0.5, 0.6) is 0 Å². The third-order valence-corrected chi connectivity index (χ3v) is 3.95. The van der Waals surface area contributed by atoms with Gasteiger partial charge in [0.15, 0.2) is 0 Å². The van der Waals surface area contributed by atoms with Crippen molar-refractivity contribution in [3.63, 3.8) is 0 Å². The zero-order valence-corrected chi connectivity index (χ0v) is 12.0. The number of rotatable bonds is 2. The summed E-state index contributed by atoms with van der Waals surface area (Å²) in [6.07, 6.45) is 0. The summed E-state index contributed by atoms with van der Waals surface area (Å²) in [6, 6.07) is 4.40. The SMILES string of the molecule is Cc1nn(-c2cc(Cl)ccc2[N+](=O)[O-])c(C)c1Br. The van der Waals surface area contributed by atoms with Crippen molar-refractivity contribution < 1.29 is 4.92 Å². The van der Waals surface area contributed by atoms with Crippen LogP contribution in [0.3, 0.4) is 0 Å². The summed E-state index contributed by atoms with van der Waals surface area (Å²) in [5.74, 6) is 0. The lowest BCUT2D eigenvalue weighted by atomic mass is 10.2. The maximum absolute atomic E-state index is 11.0. The molecule has 2 rings (SSSR count). The van der Waals surface area contributed by atoms with E-state index >= 15 is 0 Å². The Morgan fingerprint density at radius 1 is 1.44 bits per heavy atom. The van der Waals surface area contributed by atoms with E-state index in [-0.39, 0.29) is 5.69 Å². The quantitative estimate of drug-likeness (QED) is 0.621. The summed E-state index contributed by atoms with van der Waals surface area (Å²) in [7, 11) is 0. The summed E-state index contributed by atoms with van der Waals surface area (Å²) in [5.41, 5.74) is 1.89. The van der Waals surface area contributed by atoms with Crippen molar-refractivity contribution in [2.75, 3.05) is 0 Å². The smallest absolute Gasteiger partial charge is 0.258 e. The first kappa shape index (κ1) is 13.0. The molecule has 0 saturated heterocycles. The molecule has 1 heterocycles. The third kappa shape index (κ3) is 2.13. The second kappa shape index (κ2) is 4.70. The second-order valence-corrected chi connectivity index (χ2v) is 5.02. The van der Waals surface area contributed by atoms with Gasteiger partial charge in [0.05, 0.1) is 20.8 Å². The van der Waals surface area contributed by atoms with Crippen LogP contribution in [0.1, 0.15) is 11.4 Å². The molecule has 0 unspecified atom stereocenters. The minimum atomic E-state index is -0.448. The molecule has 0 amide bonds. The fourth-order valence-electron chi connectivity index (χ4n) is 1.68. The Morgan fingerprint density at radius 3 is 2.61 bits per heavy atom. The summed E-state index contributed by atoms with van der Waals surface area (Å²) in [6.45, 7) is 3.65. The number of aryl methyl sites for hydroxylation is 1. The number of halogens is 2. The van der Waals surface area contributed by atoms with Gasteiger partial charge >= 0.3 is 0 Å². The number of nitro groups is 1. The molecule has 7 heteroatoms. The lowest BCUT2D eigenvalue weighted by Crippen LogP contribution is -2.03. The molecule has 0 aliphatic carbocycles. The lowest BCUT2D eigenvalue weighted by molar-refractivity contribution is -0.384. The molecule has 0 aliphatic heterocycles. The maximum atomic E-state index is 11.0. The van der Waals surface area contributed by atoms with Crippen LogP contribution in [0.15, 0.2) is 22.7 Å². The van der Waals surface area contributed by atoms with Gasteiger partial charge in [-0.25, -0.2) is 4.68 Å². The number of nitro benzene ring substituents is 1. The van der Waals surface area contributed by atoms with Crippen molar-refractivity contribution in [2.45, 2.75) is 13.8 Å². The van der Waals surface area contributed by atoms with E-state index in [0.29, 0.717) is 10.7 Å². The average molecular weight is 331 g/mol. The number of nitrogens with zero attached hydrogens (tertiary/aromatic N) is 3. The van der Waals surface area contributed by atoms with Crippen LogP contribution in [0.4, 0.5) is 5.69 Å². The van der Waals surface area contributed by atoms with Gasteiger partial charge in [-0.2, -0.15) is 5.10 Å². The molecule has 94 valence electrons. The zero-order valence-electron chi connectivity index (χ0n) is 9.65. The van der Waals surface area contributed by atoms with E-state index in [0.717, 1.165) is 15.9 Å². The first-order valence-corrected chi connectivity index (χ1v) is 6.25. The van der Waals surface area contributed by atoms with Gasteiger partial charge in [-0.1, -0.05) is 11.6 Å². The summed E-state index contributed by atoms with van der Waals surface area (Å²) >= 11 is 9.29.